The van der Waals surface area contributed by atoms with Gasteiger partial charge < -0.3 is 24.4 Å². The second kappa shape index (κ2) is 9.47. The highest BCUT2D eigenvalue weighted by Gasteiger charge is 2.35. The first kappa shape index (κ1) is 21.9. The summed E-state index contributed by atoms with van der Waals surface area (Å²) in [5.74, 6) is 1.52. The van der Waals surface area contributed by atoms with Crippen LogP contribution in [0.25, 0.3) is 0 Å². The summed E-state index contributed by atoms with van der Waals surface area (Å²) >= 11 is 6.02. The first-order valence-electron chi connectivity index (χ1n) is 10.6. The molecule has 6 nitrogen and oxygen atoms in total. The van der Waals surface area contributed by atoms with E-state index in [4.69, 9.17) is 25.8 Å². The molecule has 0 bridgehead atoms. The lowest BCUT2D eigenvalue weighted by Gasteiger charge is -2.33. The molecule has 1 amide bonds. The van der Waals surface area contributed by atoms with E-state index in [0.29, 0.717) is 38.6 Å². The minimum absolute atomic E-state index is 0.0998. The second-order valence-electron chi connectivity index (χ2n) is 8.28. The fourth-order valence-electron chi connectivity index (χ4n) is 4.41. The van der Waals surface area contributed by atoms with Gasteiger partial charge in [-0.3, -0.25) is 4.79 Å². The lowest BCUT2D eigenvalue weighted by Crippen LogP contribution is -2.52. The van der Waals surface area contributed by atoms with E-state index in [1.807, 2.05) is 41.3 Å². The molecule has 1 fully saturated rings. The van der Waals surface area contributed by atoms with Crippen molar-refractivity contribution >= 4 is 17.5 Å². The van der Waals surface area contributed by atoms with Crippen molar-refractivity contribution in [1.82, 2.24) is 10.2 Å². The van der Waals surface area contributed by atoms with Crippen molar-refractivity contribution in [2.24, 2.45) is 0 Å². The molecule has 1 N–H and O–H groups in total. The molecule has 7 heteroatoms. The predicted molar refractivity (Wildman–Crippen MR) is 120 cm³/mol. The summed E-state index contributed by atoms with van der Waals surface area (Å²) < 4.78 is 16.5. The normalized spacial score (nSPS) is 20.4. The van der Waals surface area contributed by atoms with Crippen LogP contribution in [-0.2, 0) is 28.9 Å². The SMILES string of the molecule is COc1cc2c(cc1OC)CN(C(=O)CNC1(Cc3ccc(Cl)cc3)CCOC1)CC2. The topological polar surface area (TPSA) is 60.0 Å². The van der Waals surface area contributed by atoms with Crippen LogP contribution in [0.1, 0.15) is 23.1 Å². The van der Waals surface area contributed by atoms with Gasteiger partial charge >= 0.3 is 0 Å². The van der Waals surface area contributed by atoms with Crippen molar-refractivity contribution < 1.29 is 19.0 Å². The van der Waals surface area contributed by atoms with Gasteiger partial charge in [-0.25, -0.2) is 0 Å². The zero-order chi connectivity index (χ0) is 21.8. The first-order chi connectivity index (χ1) is 15.0. The van der Waals surface area contributed by atoms with Crippen LogP contribution >= 0.6 is 11.6 Å². The first-order valence-corrected chi connectivity index (χ1v) is 11.0. The molecule has 0 aromatic heterocycles. The Labute approximate surface area is 188 Å². The van der Waals surface area contributed by atoms with E-state index in [1.165, 1.54) is 11.1 Å². The van der Waals surface area contributed by atoms with Gasteiger partial charge in [0.15, 0.2) is 11.5 Å². The van der Waals surface area contributed by atoms with E-state index in [2.05, 4.69) is 5.32 Å². The maximum absolute atomic E-state index is 13.0. The van der Waals surface area contributed by atoms with Crippen LogP contribution in [0.3, 0.4) is 0 Å². The molecule has 2 aliphatic heterocycles. The van der Waals surface area contributed by atoms with E-state index >= 15 is 0 Å². The van der Waals surface area contributed by atoms with Crippen LogP contribution in [0, 0.1) is 0 Å². The number of hydrogen-bond donors (Lipinski definition) is 1. The number of fused-ring (bicyclic) bond motifs is 1. The maximum atomic E-state index is 13.0. The Kier molecular flexibility index (Phi) is 6.70. The number of nitrogens with zero attached hydrogens (tertiary/aromatic N) is 1. The van der Waals surface area contributed by atoms with Gasteiger partial charge in [-0.15, -0.1) is 0 Å². The monoisotopic (exact) mass is 444 g/mol. The highest BCUT2D eigenvalue weighted by atomic mass is 35.5. The molecule has 1 atom stereocenters. The molecule has 31 heavy (non-hydrogen) atoms. The summed E-state index contributed by atoms with van der Waals surface area (Å²) in [5.41, 5.74) is 3.27. The predicted octanol–water partition coefficient (Wildman–Crippen LogP) is 3.23. The van der Waals surface area contributed by atoms with Gasteiger partial charge in [-0.05, 0) is 60.2 Å². The molecule has 0 saturated carbocycles. The average molecular weight is 445 g/mol. The molecular formula is C24H29ClN2O4. The van der Waals surface area contributed by atoms with Crippen molar-refractivity contribution in [3.8, 4) is 11.5 Å². The number of carbonyl (C=O) groups is 1. The highest BCUT2D eigenvalue weighted by Crippen LogP contribution is 2.33. The number of ether oxygens (including phenoxy) is 3. The molecule has 2 aromatic carbocycles. The fraction of sp³-hybridized carbons (Fsp3) is 0.458. The van der Waals surface area contributed by atoms with Crippen LogP contribution in [0.4, 0.5) is 0 Å². The van der Waals surface area contributed by atoms with Crippen LogP contribution < -0.4 is 14.8 Å². The molecule has 1 saturated heterocycles. The highest BCUT2D eigenvalue weighted by molar-refractivity contribution is 6.30. The molecule has 0 aliphatic carbocycles. The maximum Gasteiger partial charge on any atom is 0.236 e. The van der Waals surface area contributed by atoms with Crippen molar-refractivity contribution in [3.05, 3.63) is 58.1 Å². The van der Waals surface area contributed by atoms with Gasteiger partial charge in [0.05, 0.1) is 27.4 Å². The molecule has 0 spiro atoms. The van der Waals surface area contributed by atoms with E-state index in [0.717, 1.165) is 35.6 Å². The summed E-state index contributed by atoms with van der Waals surface area (Å²) in [6.45, 7) is 2.87. The minimum Gasteiger partial charge on any atom is -0.493 e. The van der Waals surface area contributed by atoms with Crippen LogP contribution in [0.5, 0.6) is 11.5 Å². The number of amides is 1. The van der Waals surface area contributed by atoms with Crippen molar-refractivity contribution in [2.75, 3.05) is 40.5 Å². The quantitative estimate of drug-likeness (QED) is 0.710. The Hall–Kier alpha value is -2.28. The molecule has 2 aliphatic rings. The average Bonchev–Trinajstić information content (AvgIpc) is 3.26. The third kappa shape index (κ3) is 4.97. The zero-order valence-electron chi connectivity index (χ0n) is 18.1. The number of methoxy groups -OCH3 is 2. The Morgan fingerprint density at radius 2 is 1.87 bits per heavy atom. The van der Waals surface area contributed by atoms with Crippen LogP contribution in [-0.4, -0.2) is 56.9 Å². The smallest absolute Gasteiger partial charge is 0.236 e. The van der Waals surface area contributed by atoms with Gasteiger partial charge in [-0.2, -0.15) is 0 Å². The molecular weight excluding hydrogens is 416 g/mol. The number of halogens is 1. The largest absolute Gasteiger partial charge is 0.493 e. The van der Waals surface area contributed by atoms with Gasteiger partial charge in [0.2, 0.25) is 5.91 Å². The van der Waals surface area contributed by atoms with Gasteiger partial charge in [0.25, 0.3) is 0 Å². The zero-order valence-corrected chi connectivity index (χ0v) is 18.8. The summed E-state index contributed by atoms with van der Waals surface area (Å²) in [6, 6.07) is 11.9. The minimum atomic E-state index is -0.228. The Morgan fingerprint density at radius 1 is 1.16 bits per heavy atom. The van der Waals surface area contributed by atoms with Crippen molar-refractivity contribution in [3.63, 3.8) is 0 Å². The number of nitrogens with one attached hydrogen (secondary N) is 1. The lowest BCUT2D eigenvalue weighted by molar-refractivity contribution is -0.131. The lowest BCUT2D eigenvalue weighted by atomic mass is 9.90. The van der Waals surface area contributed by atoms with Crippen molar-refractivity contribution in [1.29, 1.82) is 0 Å². The number of benzene rings is 2. The molecule has 2 heterocycles. The van der Waals surface area contributed by atoms with E-state index in [-0.39, 0.29) is 11.4 Å². The third-order valence-corrected chi connectivity index (χ3v) is 6.50. The van der Waals surface area contributed by atoms with E-state index in [1.54, 1.807) is 14.2 Å². The Bertz CT molecular complexity index is 926. The Balaban J connectivity index is 1.40. The van der Waals surface area contributed by atoms with E-state index < -0.39 is 0 Å². The molecule has 166 valence electrons. The molecule has 2 aromatic rings. The molecule has 0 radical (unpaired) electrons. The van der Waals surface area contributed by atoms with Gasteiger partial charge in [0.1, 0.15) is 0 Å². The summed E-state index contributed by atoms with van der Waals surface area (Å²) in [4.78, 5) is 14.9. The fourth-order valence-corrected chi connectivity index (χ4v) is 4.54. The summed E-state index contributed by atoms with van der Waals surface area (Å²) in [5, 5.41) is 4.25. The molecule has 4 rings (SSSR count). The van der Waals surface area contributed by atoms with Gasteiger partial charge in [-0.1, -0.05) is 23.7 Å². The summed E-state index contributed by atoms with van der Waals surface area (Å²) in [7, 11) is 3.27. The number of carbonyl (C=O) groups excluding carboxylic acids is 1. The second-order valence-corrected chi connectivity index (χ2v) is 8.72. The van der Waals surface area contributed by atoms with Gasteiger partial charge in [0, 0.05) is 30.3 Å². The van der Waals surface area contributed by atoms with E-state index in [9.17, 15) is 4.79 Å². The summed E-state index contributed by atoms with van der Waals surface area (Å²) in [6.07, 6.45) is 2.49. The number of rotatable bonds is 7. The molecule has 1 unspecified atom stereocenters. The standard InChI is InChI=1S/C24H29ClN2O4/c1-29-21-11-18-7-9-27(15-19(18)12-22(21)30-2)23(28)14-26-24(8-10-31-16-24)13-17-3-5-20(25)6-4-17/h3-6,11-12,26H,7-10,13-16H2,1-2H3. The van der Waals surface area contributed by atoms with Crippen molar-refractivity contribution in [2.45, 2.75) is 31.3 Å². The van der Waals surface area contributed by atoms with Crippen LogP contribution in [0.2, 0.25) is 5.02 Å². The van der Waals surface area contributed by atoms with Crippen LogP contribution in [0.15, 0.2) is 36.4 Å². The third-order valence-electron chi connectivity index (χ3n) is 6.24. The number of hydrogen-bond acceptors (Lipinski definition) is 5. The Morgan fingerprint density at radius 3 is 2.52 bits per heavy atom.